The summed E-state index contributed by atoms with van der Waals surface area (Å²) in [5, 5.41) is 30.0. The van der Waals surface area contributed by atoms with Crippen molar-refractivity contribution in [2.75, 3.05) is 39.6 Å². The first kappa shape index (κ1) is 61.2. The van der Waals surface area contributed by atoms with Crippen molar-refractivity contribution < 1.29 is 71.4 Å². The second-order valence-electron chi connectivity index (χ2n) is 15.1. The van der Waals surface area contributed by atoms with Gasteiger partial charge in [0.25, 0.3) is 0 Å². The molecule has 0 heterocycles. The van der Waals surface area contributed by atoms with Crippen LogP contribution in [0.25, 0.3) is 0 Å². The number of unbranched alkanes of at least 4 members (excludes halogenated alkanes) is 12. The number of hydrogen-bond acceptors (Lipinski definition) is 13. The molecule has 0 aromatic heterocycles. The number of esters is 2. The standard InChI is InChI=1S/C47H80O15P2/c1-3-5-7-9-11-13-15-17-19-20-22-24-26-28-30-32-34-36-47(52)58-38-44(49)40-60-64(55,56)62-42-45(50)41-61-63(53,54)59-39-43(48)37-57-46(51)35-33-31-29-27-25-23-21-18-16-14-12-10-8-6-4-2/h6,8,10-14,16-19,21-22,24,43-45,48-50H,3-5,7,9,15,20,23,25-42H2,1-2H3,(H,53,54)(H,55,56)/b8-6+,12-10+,13-11-,16-14+,19-17-,21-18-,24-22-. The van der Waals surface area contributed by atoms with E-state index in [2.05, 4.69) is 80.6 Å². The molecular formula is C47H80O15P2. The second-order valence-corrected chi connectivity index (χ2v) is 18.0. The van der Waals surface area contributed by atoms with Gasteiger partial charge in [-0.1, -0.05) is 144 Å². The molecule has 0 bridgehead atoms. The first-order valence-electron chi connectivity index (χ1n) is 23.0. The van der Waals surface area contributed by atoms with E-state index in [1.54, 1.807) is 0 Å². The van der Waals surface area contributed by atoms with Gasteiger partial charge in [-0.3, -0.25) is 27.7 Å². The Morgan fingerprint density at radius 3 is 1.22 bits per heavy atom. The summed E-state index contributed by atoms with van der Waals surface area (Å²) in [5.74, 6) is -1.04. The average molecular weight is 947 g/mol. The highest BCUT2D eigenvalue weighted by atomic mass is 31.2. The van der Waals surface area contributed by atoms with Crippen LogP contribution in [-0.4, -0.2) is 95.0 Å². The van der Waals surface area contributed by atoms with Gasteiger partial charge in [0.15, 0.2) is 0 Å². The molecule has 15 nitrogen and oxygen atoms in total. The summed E-state index contributed by atoms with van der Waals surface area (Å²) in [6.07, 6.45) is 42.8. The highest BCUT2D eigenvalue weighted by Gasteiger charge is 2.28. The van der Waals surface area contributed by atoms with Gasteiger partial charge in [-0.2, -0.15) is 0 Å². The van der Waals surface area contributed by atoms with Crippen molar-refractivity contribution in [2.24, 2.45) is 0 Å². The highest BCUT2D eigenvalue weighted by molar-refractivity contribution is 7.47. The second kappa shape index (κ2) is 42.8. The zero-order chi connectivity index (χ0) is 47.4. The maximum absolute atomic E-state index is 12.1. The molecule has 0 aliphatic carbocycles. The number of allylic oxidation sites excluding steroid dienone is 14. The van der Waals surface area contributed by atoms with Crippen LogP contribution in [0.2, 0.25) is 0 Å². The molecule has 0 radical (unpaired) electrons. The molecule has 5 N–H and O–H groups in total. The van der Waals surface area contributed by atoms with Gasteiger partial charge < -0.3 is 34.6 Å². The number of aliphatic hydroxyl groups excluding tert-OH is 3. The van der Waals surface area contributed by atoms with E-state index in [-0.39, 0.29) is 12.8 Å². The summed E-state index contributed by atoms with van der Waals surface area (Å²) in [7, 11) is -9.59. The van der Waals surface area contributed by atoms with Crippen molar-refractivity contribution in [3.63, 3.8) is 0 Å². The molecule has 0 aliphatic rings. The average Bonchev–Trinajstić information content (AvgIpc) is 3.27. The third-order valence-corrected chi connectivity index (χ3v) is 10.8. The molecule has 0 spiro atoms. The van der Waals surface area contributed by atoms with Gasteiger partial charge in [0, 0.05) is 12.8 Å². The van der Waals surface area contributed by atoms with Crippen molar-refractivity contribution in [3.8, 4) is 0 Å². The molecule has 17 heteroatoms. The lowest BCUT2D eigenvalue weighted by atomic mass is 10.1. The fourth-order valence-electron chi connectivity index (χ4n) is 5.35. The Hall–Kier alpha value is -2.78. The van der Waals surface area contributed by atoms with E-state index in [4.69, 9.17) is 9.47 Å². The smallest absolute Gasteiger partial charge is 0.463 e. The Labute approximate surface area is 383 Å². The summed E-state index contributed by atoms with van der Waals surface area (Å²) in [6.45, 7) is 0.166. The molecule has 0 aromatic carbocycles. The minimum atomic E-state index is -4.80. The molecule has 64 heavy (non-hydrogen) atoms. The van der Waals surface area contributed by atoms with E-state index < -0.39 is 85.5 Å². The molecule has 0 saturated heterocycles. The summed E-state index contributed by atoms with van der Waals surface area (Å²) < 4.78 is 52.9. The van der Waals surface area contributed by atoms with E-state index >= 15 is 0 Å². The van der Waals surface area contributed by atoms with Crippen molar-refractivity contribution in [3.05, 3.63) is 85.1 Å². The molecular weight excluding hydrogens is 866 g/mol. The van der Waals surface area contributed by atoms with Crippen LogP contribution in [0.4, 0.5) is 0 Å². The number of hydrogen-bond donors (Lipinski definition) is 5. The lowest BCUT2D eigenvalue weighted by Gasteiger charge is -2.19. The Morgan fingerprint density at radius 2 is 0.781 bits per heavy atom. The van der Waals surface area contributed by atoms with E-state index in [0.29, 0.717) is 12.8 Å². The van der Waals surface area contributed by atoms with Gasteiger partial charge in [-0.15, -0.1) is 0 Å². The van der Waals surface area contributed by atoms with Crippen LogP contribution >= 0.6 is 15.6 Å². The fourth-order valence-corrected chi connectivity index (χ4v) is 6.94. The minimum Gasteiger partial charge on any atom is -0.463 e. The van der Waals surface area contributed by atoms with Gasteiger partial charge >= 0.3 is 27.6 Å². The third-order valence-electron chi connectivity index (χ3n) is 8.93. The van der Waals surface area contributed by atoms with Gasteiger partial charge in [0.1, 0.15) is 31.5 Å². The van der Waals surface area contributed by atoms with Crippen molar-refractivity contribution in [1.82, 2.24) is 0 Å². The summed E-state index contributed by atoms with van der Waals surface area (Å²) >= 11 is 0. The molecule has 0 rings (SSSR count). The Balaban J connectivity index is 3.97. The van der Waals surface area contributed by atoms with E-state index in [9.17, 15) is 43.8 Å². The Bertz CT molecular complexity index is 1470. The Morgan fingerprint density at radius 1 is 0.438 bits per heavy atom. The summed E-state index contributed by atoms with van der Waals surface area (Å²) in [6, 6.07) is 0. The number of phosphoric acid groups is 2. The maximum atomic E-state index is 12.1. The summed E-state index contributed by atoms with van der Waals surface area (Å²) in [5.41, 5.74) is 0. The van der Waals surface area contributed by atoms with Gasteiger partial charge in [-0.25, -0.2) is 9.13 Å². The number of carbonyl (C=O) groups is 2. The van der Waals surface area contributed by atoms with Crippen LogP contribution in [0.1, 0.15) is 142 Å². The van der Waals surface area contributed by atoms with Crippen LogP contribution in [0.3, 0.4) is 0 Å². The first-order chi connectivity index (χ1) is 30.8. The van der Waals surface area contributed by atoms with E-state index in [1.807, 2.05) is 36.5 Å². The lowest BCUT2D eigenvalue weighted by molar-refractivity contribution is -0.148. The van der Waals surface area contributed by atoms with Gasteiger partial charge in [0.05, 0.1) is 26.4 Å². The molecule has 0 amide bonds. The maximum Gasteiger partial charge on any atom is 0.472 e. The molecule has 0 fully saturated rings. The fraction of sp³-hybridized carbons (Fsp3) is 0.660. The molecule has 368 valence electrons. The molecule has 0 aromatic rings. The van der Waals surface area contributed by atoms with Gasteiger partial charge in [-0.05, 0) is 70.6 Å². The molecule has 5 atom stereocenters. The minimum absolute atomic E-state index is 0.166. The van der Waals surface area contributed by atoms with E-state index in [0.717, 1.165) is 83.5 Å². The van der Waals surface area contributed by atoms with Crippen LogP contribution < -0.4 is 0 Å². The van der Waals surface area contributed by atoms with Crippen molar-refractivity contribution in [1.29, 1.82) is 0 Å². The van der Waals surface area contributed by atoms with Crippen molar-refractivity contribution >= 4 is 27.6 Å². The number of rotatable bonds is 43. The SMILES string of the molecule is CC/C=C/C=C/C=C/C=C\CCCCCCCC(=O)OCC(O)COP(=O)(O)OCC(O)COP(=O)(O)OCC(O)COC(=O)CCCCCC/C=C\C/C=C\C/C=C\CCCCC. The highest BCUT2D eigenvalue weighted by Crippen LogP contribution is 2.45. The molecule has 0 aliphatic heterocycles. The molecule has 0 saturated carbocycles. The lowest BCUT2D eigenvalue weighted by Crippen LogP contribution is -2.25. The molecule has 5 unspecified atom stereocenters. The van der Waals surface area contributed by atoms with E-state index in [1.165, 1.54) is 19.3 Å². The topological polar surface area (TPSA) is 225 Å². The van der Waals surface area contributed by atoms with Crippen molar-refractivity contribution in [2.45, 2.75) is 161 Å². The van der Waals surface area contributed by atoms with Crippen LogP contribution in [-0.2, 0) is 46.3 Å². The number of aliphatic hydroxyl groups is 3. The van der Waals surface area contributed by atoms with Crippen LogP contribution in [0.5, 0.6) is 0 Å². The van der Waals surface area contributed by atoms with Crippen LogP contribution in [0, 0.1) is 0 Å². The van der Waals surface area contributed by atoms with Crippen LogP contribution in [0.15, 0.2) is 85.1 Å². The predicted octanol–water partition coefficient (Wildman–Crippen LogP) is 10.2. The largest absolute Gasteiger partial charge is 0.472 e. The zero-order valence-electron chi connectivity index (χ0n) is 38.4. The predicted molar refractivity (Wildman–Crippen MR) is 251 cm³/mol. The number of carbonyl (C=O) groups excluding carboxylic acids is 2. The normalized spacial score (nSPS) is 15.9. The number of phosphoric ester groups is 2. The first-order valence-corrected chi connectivity index (χ1v) is 26.0. The number of ether oxygens (including phenoxy) is 2. The monoisotopic (exact) mass is 946 g/mol. The Kier molecular flexibility index (Phi) is 41.0. The summed E-state index contributed by atoms with van der Waals surface area (Å²) in [4.78, 5) is 43.7. The van der Waals surface area contributed by atoms with Gasteiger partial charge in [0.2, 0.25) is 0 Å². The third kappa shape index (κ3) is 44.4. The quantitative estimate of drug-likeness (QED) is 0.0126. The zero-order valence-corrected chi connectivity index (χ0v) is 40.2.